The van der Waals surface area contributed by atoms with Crippen molar-refractivity contribution >= 4 is 21.4 Å². The van der Waals surface area contributed by atoms with Crippen molar-refractivity contribution in [2.75, 3.05) is 6.79 Å². The lowest BCUT2D eigenvalue weighted by molar-refractivity contribution is -0.134. The van der Waals surface area contributed by atoms with Gasteiger partial charge in [-0.15, -0.1) is 11.3 Å². The van der Waals surface area contributed by atoms with E-state index in [0.29, 0.717) is 32.9 Å². The predicted octanol–water partition coefficient (Wildman–Crippen LogP) is 3.65. The molecule has 0 saturated carbocycles. The zero-order valence-corrected chi connectivity index (χ0v) is 8.61. The van der Waals surface area contributed by atoms with E-state index in [1.165, 1.54) is 0 Å². The summed E-state index contributed by atoms with van der Waals surface area (Å²) in [7, 11) is 0. The Labute approximate surface area is 92.2 Å². The molecule has 0 unspecified atom stereocenters. The van der Waals surface area contributed by atoms with Gasteiger partial charge in [0.15, 0.2) is 11.5 Å². The second kappa shape index (κ2) is 3.04. The van der Waals surface area contributed by atoms with Crippen LogP contribution < -0.4 is 9.47 Å². The second-order valence-corrected chi connectivity index (χ2v) is 4.44. The van der Waals surface area contributed by atoms with Gasteiger partial charge < -0.3 is 9.47 Å². The van der Waals surface area contributed by atoms with Crippen LogP contribution in [-0.2, 0) is 6.18 Å². The minimum absolute atomic E-state index is 0.124. The van der Waals surface area contributed by atoms with Crippen molar-refractivity contribution in [3.63, 3.8) is 0 Å². The number of hydrogen-bond acceptors (Lipinski definition) is 3. The molecule has 1 aromatic heterocycles. The van der Waals surface area contributed by atoms with Crippen LogP contribution in [0, 0.1) is 0 Å². The molecule has 0 saturated heterocycles. The second-order valence-electron chi connectivity index (χ2n) is 3.35. The lowest BCUT2D eigenvalue weighted by atomic mass is 10.2. The summed E-state index contributed by atoms with van der Waals surface area (Å²) in [5.74, 6) is 1.00. The van der Waals surface area contributed by atoms with Crippen molar-refractivity contribution in [3.05, 3.63) is 23.1 Å². The molecule has 2 aromatic rings. The van der Waals surface area contributed by atoms with Crippen LogP contribution in [0.5, 0.6) is 11.5 Å². The first-order valence-corrected chi connectivity index (χ1v) is 5.26. The fraction of sp³-hybridized carbons (Fsp3) is 0.200. The molecule has 0 atom stereocenters. The highest BCUT2D eigenvalue weighted by atomic mass is 32.1. The minimum Gasteiger partial charge on any atom is -0.454 e. The quantitative estimate of drug-likeness (QED) is 0.706. The van der Waals surface area contributed by atoms with Crippen LogP contribution in [0.4, 0.5) is 13.2 Å². The van der Waals surface area contributed by atoms with E-state index in [4.69, 9.17) is 9.47 Å². The number of rotatable bonds is 0. The molecule has 1 aliphatic heterocycles. The summed E-state index contributed by atoms with van der Waals surface area (Å²) in [6.07, 6.45) is -4.30. The van der Waals surface area contributed by atoms with Crippen LogP contribution in [0.3, 0.4) is 0 Å². The summed E-state index contributed by atoms with van der Waals surface area (Å²) >= 11 is 0.710. The van der Waals surface area contributed by atoms with E-state index in [2.05, 4.69) is 0 Å². The Morgan fingerprint density at radius 3 is 2.44 bits per heavy atom. The maximum Gasteiger partial charge on any atom is 0.425 e. The monoisotopic (exact) mass is 246 g/mol. The molecule has 2 heterocycles. The molecule has 1 aliphatic rings. The Morgan fingerprint density at radius 1 is 1.06 bits per heavy atom. The van der Waals surface area contributed by atoms with Crippen LogP contribution in [0.15, 0.2) is 18.2 Å². The Kier molecular flexibility index (Phi) is 1.85. The Morgan fingerprint density at radius 2 is 1.75 bits per heavy atom. The average Bonchev–Trinajstić information content (AvgIpc) is 2.75. The third kappa shape index (κ3) is 1.41. The summed E-state index contributed by atoms with van der Waals surface area (Å²) in [5.41, 5.74) is 0. The summed E-state index contributed by atoms with van der Waals surface area (Å²) in [5, 5.41) is 0.529. The summed E-state index contributed by atoms with van der Waals surface area (Å²) < 4.78 is 48.2. The molecule has 0 amide bonds. The van der Waals surface area contributed by atoms with Gasteiger partial charge in [-0.3, -0.25) is 0 Å². The summed E-state index contributed by atoms with van der Waals surface area (Å²) in [4.78, 5) is -0.605. The van der Waals surface area contributed by atoms with Gasteiger partial charge in [-0.25, -0.2) is 0 Å². The van der Waals surface area contributed by atoms with Crippen molar-refractivity contribution in [1.29, 1.82) is 0 Å². The highest BCUT2D eigenvalue weighted by Crippen LogP contribution is 2.43. The Balaban J connectivity index is 2.19. The van der Waals surface area contributed by atoms with Crippen LogP contribution >= 0.6 is 11.3 Å². The molecule has 0 fully saturated rings. The molecule has 1 aromatic carbocycles. The predicted molar refractivity (Wildman–Crippen MR) is 53.0 cm³/mol. The maximum atomic E-state index is 12.5. The molecule has 0 aliphatic carbocycles. The molecule has 0 radical (unpaired) electrons. The van der Waals surface area contributed by atoms with E-state index < -0.39 is 11.1 Å². The zero-order valence-electron chi connectivity index (χ0n) is 7.80. The van der Waals surface area contributed by atoms with Crippen LogP contribution in [0.2, 0.25) is 0 Å². The fourth-order valence-electron chi connectivity index (χ4n) is 1.57. The van der Waals surface area contributed by atoms with Crippen molar-refractivity contribution in [2.24, 2.45) is 0 Å². The fourth-order valence-corrected chi connectivity index (χ4v) is 2.51. The molecule has 0 spiro atoms. The van der Waals surface area contributed by atoms with Crippen LogP contribution in [0.25, 0.3) is 10.1 Å². The zero-order chi connectivity index (χ0) is 11.3. The van der Waals surface area contributed by atoms with Gasteiger partial charge >= 0.3 is 6.18 Å². The van der Waals surface area contributed by atoms with Gasteiger partial charge in [0.2, 0.25) is 6.79 Å². The average molecular weight is 246 g/mol. The molecule has 3 rings (SSSR count). The molecule has 16 heavy (non-hydrogen) atoms. The third-order valence-electron chi connectivity index (χ3n) is 2.29. The minimum atomic E-state index is -4.30. The van der Waals surface area contributed by atoms with Gasteiger partial charge in [0.1, 0.15) is 4.88 Å². The standard InChI is InChI=1S/C10H5F3O2S/c11-10(12,13)9-2-5-1-6-7(15-4-14-6)3-8(5)16-9/h1-3H,4H2. The first kappa shape index (κ1) is 9.77. The van der Waals surface area contributed by atoms with E-state index in [0.717, 1.165) is 6.07 Å². The van der Waals surface area contributed by atoms with Crippen molar-refractivity contribution in [2.45, 2.75) is 6.18 Å². The number of benzene rings is 1. The lowest BCUT2D eigenvalue weighted by Crippen LogP contribution is -2.00. The molecule has 84 valence electrons. The molecule has 0 N–H and O–H groups in total. The van der Waals surface area contributed by atoms with Gasteiger partial charge in [0.25, 0.3) is 0 Å². The largest absolute Gasteiger partial charge is 0.454 e. The van der Waals surface area contributed by atoms with Crippen molar-refractivity contribution in [3.8, 4) is 11.5 Å². The van der Waals surface area contributed by atoms with E-state index in [1.807, 2.05) is 0 Å². The number of alkyl halides is 3. The number of thiophene rings is 1. The van der Waals surface area contributed by atoms with E-state index in [1.54, 1.807) is 12.1 Å². The molecule has 0 bridgehead atoms. The topological polar surface area (TPSA) is 18.5 Å². The van der Waals surface area contributed by atoms with Crippen LogP contribution in [-0.4, -0.2) is 6.79 Å². The van der Waals surface area contributed by atoms with Crippen molar-refractivity contribution in [1.82, 2.24) is 0 Å². The summed E-state index contributed by atoms with van der Waals surface area (Å²) in [6, 6.07) is 4.28. The van der Waals surface area contributed by atoms with Crippen molar-refractivity contribution < 1.29 is 22.6 Å². The highest BCUT2D eigenvalue weighted by molar-refractivity contribution is 7.19. The first-order valence-electron chi connectivity index (χ1n) is 4.44. The van der Waals surface area contributed by atoms with Gasteiger partial charge in [-0.2, -0.15) is 13.2 Å². The number of fused-ring (bicyclic) bond motifs is 2. The Bertz CT molecular complexity index is 518. The van der Waals surface area contributed by atoms with Gasteiger partial charge in [0, 0.05) is 10.8 Å². The highest BCUT2D eigenvalue weighted by Gasteiger charge is 2.33. The third-order valence-corrected chi connectivity index (χ3v) is 3.43. The van der Waals surface area contributed by atoms with E-state index in [9.17, 15) is 13.2 Å². The SMILES string of the molecule is FC(F)(F)c1cc2cc3c(cc2s1)OCO3. The normalized spacial score (nSPS) is 14.7. The first-order chi connectivity index (χ1) is 7.54. The lowest BCUT2D eigenvalue weighted by Gasteiger charge is -1.99. The molecule has 2 nitrogen and oxygen atoms in total. The smallest absolute Gasteiger partial charge is 0.425 e. The van der Waals surface area contributed by atoms with Gasteiger partial charge in [0.05, 0.1) is 0 Å². The number of halogens is 3. The van der Waals surface area contributed by atoms with Crippen LogP contribution in [0.1, 0.15) is 4.88 Å². The molecular formula is C10H5F3O2S. The van der Waals surface area contributed by atoms with Gasteiger partial charge in [-0.1, -0.05) is 0 Å². The number of hydrogen-bond donors (Lipinski definition) is 0. The maximum absolute atomic E-state index is 12.5. The Hall–Kier alpha value is -1.43. The molecular weight excluding hydrogens is 241 g/mol. The summed E-state index contributed by atoms with van der Waals surface area (Å²) in [6.45, 7) is 0.124. The van der Waals surface area contributed by atoms with E-state index >= 15 is 0 Å². The van der Waals surface area contributed by atoms with E-state index in [-0.39, 0.29) is 6.79 Å². The molecule has 6 heteroatoms. The van der Waals surface area contributed by atoms with Gasteiger partial charge in [-0.05, 0) is 17.5 Å². The number of ether oxygens (including phenoxy) is 2.